The predicted octanol–water partition coefficient (Wildman–Crippen LogP) is 1.62. The molecule has 0 aromatic heterocycles. The second kappa shape index (κ2) is 7.59. The highest BCUT2D eigenvalue weighted by molar-refractivity contribution is 5.69. The number of carboxylic acids is 1. The van der Waals surface area contributed by atoms with Gasteiger partial charge in [-0.25, -0.2) is 0 Å². The molecule has 1 N–H and O–H groups in total. The van der Waals surface area contributed by atoms with Crippen molar-refractivity contribution in [3.05, 3.63) is 17.7 Å². The zero-order chi connectivity index (χ0) is 15.1. The molecule has 0 spiro atoms. The molecule has 6 heteroatoms. The molecule has 1 rings (SSSR count). The van der Waals surface area contributed by atoms with Gasteiger partial charge >= 0.3 is 5.97 Å². The van der Waals surface area contributed by atoms with Gasteiger partial charge in [-0.05, 0) is 6.54 Å². The summed E-state index contributed by atoms with van der Waals surface area (Å²) in [4.78, 5) is 12.6. The maximum atomic E-state index is 10.8. The van der Waals surface area contributed by atoms with Crippen LogP contribution in [0.5, 0.6) is 17.2 Å². The number of benzene rings is 1. The lowest BCUT2D eigenvalue weighted by Crippen LogP contribution is -2.29. The van der Waals surface area contributed by atoms with Crippen LogP contribution >= 0.6 is 0 Å². The van der Waals surface area contributed by atoms with Gasteiger partial charge in [-0.3, -0.25) is 9.69 Å². The van der Waals surface area contributed by atoms with Crippen LogP contribution in [0.4, 0.5) is 0 Å². The average molecular weight is 283 g/mol. The minimum absolute atomic E-state index is 0.0329. The van der Waals surface area contributed by atoms with Gasteiger partial charge in [0.2, 0.25) is 0 Å². The molecule has 0 atom stereocenters. The van der Waals surface area contributed by atoms with Gasteiger partial charge in [-0.15, -0.1) is 0 Å². The molecule has 1 aromatic carbocycles. The summed E-state index contributed by atoms with van der Waals surface area (Å²) in [6, 6.07) is 3.51. The average Bonchev–Trinajstić information content (AvgIpc) is 2.45. The van der Waals surface area contributed by atoms with Crippen molar-refractivity contribution in [2.45, 2.75) is 13.5 Å². The van der Waals surface area contributed by atoms with Crippen molar-refractivity contribution in [3.8, 4) is 17.2 Å². The number of aliphatic carboxylic acids is 1. The Bertz CT molecular complexity index is 436. The third-order valence-corrected chi connectivity index (χ3v) is 3.00. The van der Waals surface area contributed by atoms with E-state index in [2.05, 4.69) is 0 Å². The summed E-state index contributed by atoms with van der Waals surface area (Å²) in [5, 5.41) is 8.90. The molecular formula is C14H21NO5. The van der Waals surface area contributed by atoms with E-state index in [1.807, 2.05) is 6.92 Å². The second-order valence-corrected chi connectivity index (χ2v) is 4.21. The van der Waals surface area contributed by atoms with Crippen molar-refractivity contribution in [1.82, 2.24) is 4.90 Å². The molecule has 0 unspecified atom stereocenters. The first-order chi connectivity index (χ1) is 9.55. The number of nitrogens with zero attached hydrogens (tertiary/aromatic N) is 1. The van der Waals surface area contributed by atoms with Crippen LogP contribution in [-0.4, -0.2) is 50.4 Å². The summed E-state index contributed by atoms with van der Waals surface area (Å²) < 4.78 is 15.9. The van der Waals surface area contributed by atoms with Gasteiger partial charge in [0.25, 0.3) is 0 Å². The van der Waals surface area contributed by atoms with Crippen molar-refractivity contribution in [3.63, 3.8) is 0 Å². The van der Waals surface area contributed by atoms with Crippen LogP contribution in [0, 0.1) is 0 Å². The fraction of sp³-hybridized carbons (Fsp3) is 0.500. The summed E-state index contributed by atoms with van der Waals surface area (Å²) in [6.07, 6.45) is 0. The van der Waals surface area contributed by atoms with Crippen molar-refractivity contribution >= 4 is 5.97 Å². The summed E-state index contributed by atoms with van der Waals surface area (Å²) in [5.41, 5.74) is 0.805. The molecule has 6 nitrogen and oxygen atoms in total. The first-order valence-electron chi connectivity index (χ1n) is 6.28. The molecule has 0 heterocycles. The van der Waals surface area contributed by atoms with Gasteiger partial charge in [-0.2, -0.15) is 0 Å². The Morgan fingerprint density at radius 3 is 2.05 bits per heavy atom. The lowest BCUT2D eigenvalue weighted by molar-refractivity contribution is -0.138. The number of carbonyl (C=O) groups is 1. The van der Waals surface area contributed by atoms with E-state index >= 15 is 0 Å². The molecule has 0 aliphatic carbocycles. The van der Waals surface area contributed by atoms with Gasteiger partial charge < -0.3 is 19.3 Å². The maximum absolute atomic E-state index is 10.8. The standard InChI is InChI=1S/C14H21NO5/c1-5-15(9-14(16)17)8-11-12(19-3)6-10(18-2)7-13(11)20-4/h6-7H,5,8-9H2,1-4H3,(H,16,17). The number of ether oxygens (including phenoxy) is 3. The molecule has 0 aliphatic heterocycles. The largest absolute Gasteiger partial charge is 0.496 e. The smallest absolute Gasteiger partial charge is 0.317 e. The third kappa shape index (κ3) is 4.03. The quantitative estimate of drug-likeness (QED) is 0.782. The van der Waals surface area contributed by atoms with Crippen molar-refractivity contribution < 1.29 is 24.1 Å². The minimum Gasteiger partial charge on any atom is -0.496 e. The van der Waals surface area contributed by atoms with E-state index in [-0.39, 0.29) is 6.54 Å². The zero-order valence-electron chi connectivity index (χ0n) is 12.3. The van der Waals surface area contributed by atoms with Gasteiger partial charge in [-0.1, -0.05) is 6.92 Å². The maximum Gasteiger partial charge on any atom is 0.317 e. The summed E-state index contributed by atoms with van der Waals surface area (Å²) in [7, 11) is 4.69. The van der Waals surface area contributed by atoms with Crippen LogP contribution in [0.1, 0.15) is 12.5 Å². The monoisotopic (exact) mass is 283 g/mol. The Morgan fingerprint density at radius 2 is 1.70 bits per heavy atom. The Morgan fingerprint density at radius 1 is 1.15 bits per heavy atom. The molecule has 1 aromatic rings. The summed E-state index contributed by atoms with van der Waals surface area (Å²) in [6.45, 7) is 2.92. The van der Waals surface area contributed by atoms with E-state index in [9.17, 15) is 4.79 Å². The van der Waals surface area contributed by atoms with Gasteiger partial charge in [0.1, 0.15) is 17.2 Å². The molecule has 0 saturated carbocycles. The van der Waals surface area contributed by atoms with Crippen LogP contribution in [0.3, 0.4) is 0 Å². The van der Waals surface area contributed by atoms with E-state index in [0.29, 0.717) is 30.3 Å². The minimum atomic E-state index is -0.863. The van der Waals surface area contributed by atoms with Crippen LogP contribution in [0.15, 0.2) is 12.1 Å². The normalized spacial score (nSPS) is 10.4. The Labute approximate surface area is 118 Å². The molecule has 112 valence electrons. The SMILES string of the molecule is CCN(CC(=O)O)Cc1c(OC)cc(OC)cc1OC. The highest BCUT2D eigenvalue weighted by Crippen LogP contribution is 2.34. The summed E-state index contributed by atoms with van der Waals surface area (Å²) >= 11 is 0. The van der Waals surface area contributed by atoms with Crippen LogP contribution in [0.2, 0.25) is 0 Å². The van der Waals surface area contributed by atoms with Crippen LogP contribution in [0.25, 0.3) is 0 Å². The Hall–Kier alpha value is -1.95. The number of rotatable bonds is 8. The van der Waals surface area contributed by atoms with Gasteiger partial charge in [0.05, 0.1) is 33.4 Å². The molecule has 0 fully saturated rings. The molecule has 0 saturated heterocycles. The number of methoxy groups -OCH3 is 3. The fourth-order valence-corrected chi connectivity index (χ4v) is 1.93. The lowest BCUT2D eigenvalue weighted by Gasteiger charge is -2.22. The molecule has 0 aliphatic rings. The molecule has 0 amide bonds. The molecule has 0 radical (unpaired) electrons. The first-order valence-corrected chi connectivity index (χ1v) is 6.28. The van der Waals surface area contributed by atoms with Crippen molar-refractivity contribution in [1.29, 1.82) is 0 Å². The second-order valence-electron chi connectivity index (χ2n) is 4.21. The van der Waals surface area contributed by atoms with Crippen molar-refractivity contribution in [2.24, 2.45) is 0 Å². The van der Waals surface area contributed by atoms with Crippen LogP contribution < -0.4 is 14.2 Å². The Kier molecular flexibility index (Phi) is 6.11. The van der Waals surface area contributed by atoms with E-state index in [4.69, 9.17) is 19.3 Å². The van der Waals surface area contributed by atoms with Gasteiger partial charge in [0.15, 0.2) is 0 Å². The first kappa shape index (κ1) is 16.1. The highest BCUT2D eigenvalue weighted by atomic mass is 16.5. The van der Waals surface area contributed by atoms with E-state index in [0.717, 1.165) is 5.56 Å². The van der Waals surface area contributed by atoms with Crippen LogP contribution in [-0.2, 0) is 11.3 Å². The lowest BCUT2D eigenvalue weighted by atomic mass is 10.1. The Balaban J connectivity index is 3.10. The number of carboxylic acid groups (broad SMARTS) is 1. The van der Waals surface area contributed by atoms with E-state index in [1.54, 1.807) is 38.4 Å². The topological polar surface area (TPSA) is 68.2 Å². The number of hydrogen-bond donors (Lipinski definition) is 1. The molecular weight excluding hydrogens is 262 g/mol. The molecule has 0 bridgehead atoms. The number of likely N-dealkylation sites (N-methyl/N-ethyl adjacent to an activating group) is 1. The van der Waals surface area contributed by atoms with Gasteiger partial charge in [0, 0.05) is 18.7 Å². The zero-order valence-corrected chi connectivity index (χ0v) is 12.3. The fourth-order valence-electron chi connectivity index (χ4n) is 1.93. The van der Waals surface area contributed by atoms with E-state index < -0.39 is 5.97 Å². The molecule has 20 heavy (non-hydrogen) atoms. The highest BCUT2D eigenvalue weighted by Gasteiger charge is 2.17. The van der Waals surface area contributed by atoms with Crippen molar-refractivity contribution in [2.75, 3.05) is 34.4 Å². The predicted molar refractivity (Wildman–Crippen MR) is 74.7 cm³/mol. The summed E-state index contributed by atoms with van der Waals surface area (Å²) in [5.74, 6) is 0.997. The third-order valence-electron chi connectivity index (χ3n) is 3.00. The van der Waals surface area contributed by atoms with E-state index in [1.165, 1.54) is 0 Å². The number of hydrogen-bond acceptors (Lipinski definition) is 5.